The number of hydrogen-bond donors (Lipinski definition) is 0. The number of rotatable bonds is 2. The Balaban J connectivity index is 2.79. The lowest BCUT2D eigenvalue weighted by atomic mass is 10.3. The van der Waals surface area contributed by atoms with Gasteiger partial charge in [-0.3, -0.25) is 9.36 Å². The van der Waals surface area contributed by atoms with Crippen molar-refractivity contribution in [3.05, 3.63) is 32.9 Å². The van der Waals surface area contributed by atoms with Gasteiger partial charge in [0.15, 0.2) is 0 Å². The second-order valence-corrected chi connectivity index (χ2v) is 4.51. The Morgan fingerprint density at radius 1 is 1.50 bits per heavy atom. The van der Waals surface area contributed by atoms with Crippen LogP contribution in [0.4, 0.5) is 0 Å². The molecular formula is C10H10ClNOS. The van der Waals surface area contributed by atoms with Crippen molar-refractivity contribution in [2.75, 3.05) is 0 Å². The Labute approximate surface area is 90.7 Å². The van der Waals surface area contributed by atoms with Crippen molar-refractivity contribution in [2.45, 2.75) is 19.9 Å². The minimum Gasteiger partial charge on any atom is -0.297 e. The van der Waals surface area contributed by atoms with Crippen molar-refractivity contribution in [1.82, 2.24) is 4.57 Å². The lowest BCUT2D eigenvalue weighted by Crippen LogP contribution is -2.12. The van der Waals surface area contributed by atoms with Gasteiger partial charge in [-0.1, -0.05) is 35.9 Å². The van der Waals surface area contributed by atoms with Gasteiger partial charge in [0.05, 0.1) is 15.2 Å². The number of para-hydroxylation sites is 1. The van der Waals surface area contributed by atoms with E-state index in [1.807, 2.05) is 25.1 Å². The van der Waals surface area contributed by atoms with Crippen molar-refractivity contribution in [3.8, 4) is 0 Å². The summed E-state index contributed by atoms with van der Waals surface area (Å²) in [6, 6.07) is 5.62. The van der Waals surface area contributed by atoms with Gasteiger partial charge in [0, 0.05) is 6.54 Å². The molecule has 0 radical (unpaired) electrons. The zero-order valence-corrected chi connectivity index (χ0v) is 9.36. The van der Waals surface area contributed by atoms with Crippen LogP contribution in [0.15, 0.2) is 23.0 Å². The summed E-state index contributed by atoms with van der Waals surface area (Å²) in [6.07, 6.45) is 0.941. The summed E-state index contributed by atoms with van der Waals surface area (Å²) < 4.78 is 2.72. The molecule has 0 aliphatic heterocycles. The number of hydrogen-bond acceptors (Lipinski definition) is 2. The fourth-order valence-corrected chi connectivity index (χ4v) is 2.78. The first-order chi connectivity index (χ1) is 6.74. The molecule has 0 aliphatic carbocycles. The molecule has 0 saturated heterocycles. The van der Waals surface area contributed by atoms with Gasteiger partial charge in [-0.15, -0.1) is 0 Å². The third-order valence-electron chi connectivity index (χ3n) is 2.08. The Morgan fingerprint density at radius 2 is 2.29 bits per heavy atom. The topological polar surface area (TPSA) is 22.0 Å². The average molecular weight is 228 g/mol. The lowest BCUT2D eigenvalue weighted by molar-refractivity contribution is 0.690. The molecule has 0 bridgehead atoms. The van der Waals surface area contributed by atoms with Crippen molar-refractivity contribution in [1.29, 1.82) is 0 Å². The van der Waals surface area contributed by atoms with Gasteiger partial charge in [0.2, 0.25) is 0 Å². The summed E-state index contributed by atoms with van der Waals surface area (Å²) in [5.41, 5.74) is 0.881. The quantitative estimate of drug-likeness (QED) is 0.773. The maximum absolute atomic E-state index is 11.6. The normalized spacial score (nSPS) is 11.0. The number of fused-ring (bicyclic) bond motifs is 1. The molecule has 1 aromatic heterocycles. The summed E-state index contributed by atoms with van der Waals surface area (Å²) in [7, 11) is 0. The number of aryl methyl sites for hydroxylation is 1. The van der Waals surface area contributed by atoms with Crippen molar-refractivity contribution < 1.29 is 0 Å². The lowest BCUT2D eigenvalue weighted by Gasteiger charge is -2.01. The number of aromatic nitrogens is 1. The molecule has 2 aromatic rings. The molecule has 0 unspecified atom stereocenters. The third-order valence-corrected chi connectivity index (χ3v) is 3.33. The molecule has 0 N–H and O–H groups in total. The highest BCUT2D eigenvalue weighted by atomic mass is 35.5. The number of nitrogens with zero attached hydrogens (tertiary/aromatic N) is 1. The monoisotopic (exact) mass is 227 g/mol. The predicted molar refractivity (Wildman–Crippen MR) is 61.4 cm³/mol. The van der Waals surface area contributed by atoms with Crippen LogP contribution in [0, 0.1) is 0 Å². The van der Waals surface area contributed by atoms with Gasteiger partial charge in [0.25, 0.3) is 0 Å². The molecule has 2 nitrogen and oxygen atoms in total. The van der Waals surface area contributed by atoms with Crippen LogP contribution in [0.1, 0.15) is 13.3 Å². The van der Waals surface area contributed by atoms with Crippen molar-refractivity contribution >= 4 is 33.2 Å². The van der Waals surface area contributed by atoms with Crippen LogP contribution < -0.4 is 4.87 Å². The highest BCUT2D eigenvalue weighted by Gasteiger charge is 2.08. The fourth-order valence-electron chi connectivity index (χ4n) is 1.51. The fraction of sp³-hybridized carbons (Fsp3) is 0.300. The molecule has 0 spiro atoms. The van der Waals surface area contributed by atoms with E-state index in [9.17, 15) is 4.79 Å². The highest BCUT2D eigenvalue weighted by molar-refractivity contribution is 7.16. The average Bonchev–Trinajstić information content (AvgIpc) is 2.45. The Kier molecular flexibility index (Phi) is 2.61. The summed E-state index contributed by atoms with van der Waals surface area (Å²) in [5.74, 6) is 0. The van der Waals surface area contributed by atoms with E-state index in [1.54, 1.807) is 4.57 Å². The van der Waals surface area contributed by atoms with Crippen molar-refractivity contribution in [2.24, 2.45) is 0 Å². The summed E-state index contributed by atoms with van der Waals surface area (Å²) in [4.78, 5) is 11.7. The summed E-state index contributed by atoms with van der Waals surface area (Å²) in [6.45, 7) is 2.79. The van der Waals surface area contributed by atoms with Gasteiger partial charge >= 0.3 is 4.87 Å². The molecule has 74 valence electrons. The second kappa shape index (κ2) is 3.75. The maximum atomic E-state index is 11.6. The predicted octanol–water partition coefficient (Wildman–Crippen LogP) is 3.13. The molecular weight excluding hydrogens is 218 g/mol. The van der Waals surface area contributed by atoms with Crippen LogP contribution in [0.5, 0.6) is 0 Å². The van der Waals surface area contributed by atoms with E-state index in [2.05, 4.69) is 0 Å². The molecule has 0 fully saturated rings. The Hall–Kier alpha value is -0.800. The SMILES string of the molecule is CCCn1c(=O)sc2cccc(Cl)c21. The molecule has 4 heteroatoms. The molecule has 0 saturated carbocycles. The van der Waals surface area contributed by atoms with E-state index < -0.39 is 0 Å². The zero-order valence-electron chi connectivity index (χ0n) is 7.79. The van der Waals surface area contributed by atoms with Crippen LogP contribution in [0.25, 0.3) is 10.2 Å². The molecule has 0 aliphatic rings. The van der Waals surface area contributed by atoms with Gasteiger partial charge in [0.1, 0.15) is 0 Å². The molecule has 14 heavy (non-hydrogen) atoms. The third kappa shape index (κ3) is 1.47. The van der Waals surface area contributed by atoms with E-state index in [0.29, 0.717) is 5.02 Å². The largest absolute Gasteiger partial charge is 0.308 e. The molecule has 2 rings (SSSR count). The van der Waals surface area contributed by atoms with Gasteiger partial charge in [-0.05, 0) is 18.6 Å². The maximum Gasteiger partial charge on any atom is 0.308 e. The van der Waals surface area contributed by atoms with Gasteiger partial charge in [-0.25, -0.2) is 0 Å². The first-order valence-electron chi connectivity index (χ1n) is 4.52. The van der Waals surface area contributed by atoms with E-state index in [4.69, 9.17) is 11.6 Å². The molecule has 0 atom stereocenters. The molecule has 1 aromatic carbocycles. The van der Waals surface area contributed by atoms with E-state index in [1.165, 1.54) is 11.3 Å². The van der Waals surface area contributed by atoms with Crippen LogP contribution in [0.2, 0.25) is 5.02 Å². The van der Waals surface area contributed by atoms with Gasteiger partial charge < -0.3 is 0 Å². The Morgan fingerprint density at radius 3 is 3.00 bits per heavy atom. The second-order valence-electron chi connectivity index (χ2n) is 3.11. The van der Waals surface area contributed by atoms with Crippen LogP contribution in [-0.4, -0.2) is 4.57 Å². The zero-order chi connectivity index (χ0) is 10.1. The van der Waals surface area contributed by atoms with Crippen molar-refractivity contribution in [3.63, 3.8) is 0 Å². The smallest absolute Gasteiger partial charge is 0.297 e. The first kappa shape index (κ1) is 9.74. The number of halogens is 1. The van der Waals surface area contributed by atoms with E-state index in [-0.39, 0.29) is 4.87 Å². The minimum atomic E-state index is 0.0787. The summed E-state index contributed by atoms with van der Waals surface area (Å²) in [5, 5.41) is 0.661. The molecule has 1 heterocycles. The van der Waals surface area contributed by atoms with E-state index >= 15 is 0 Å². The Bertz CT molecular complexity index is 514. The van der Waals surface area contributed by atoms with E-state index in [0.717, 1.165) is 23.2 Å². The van der Waals surface area contributed by atoms with Crippen LogP contribution in [-0.2, 0) is 6.54 Å². The summed E-state index contributed by atoms with van der Waals surface area (Å²) >= 11 is 7.31. The van der Waals surface area contributed by atoms with Crippen LogP contribution in [0.3, 0.4) is 0 Å². The highest BCUT2D eigenvalue weighted by Crippen LogP contribution is 2.25. The van der Waals surface area contributed by atoms with Gasteiger partial charge in [-0.2, -0.15) is 0 Å². The minimum absolute atomic E-state index is 0.0787. The number of benzene rings is 1. The van der Waals surface area contributed by atoms with Crippen LogP contribution >= 0.6 is 22.9 Å². The standard InChI is InChI=1S/C10H10ClNOS/c1-2-6-12-9-7(11)4-3-5-8(9)14-10(12)13/h3-5H,2,6H2,1H3. The first-order valence-corrected chi connectivity index (χ1v) is 5.71. The number of thiazole rings is 1. The molecule has 0 amide bonds.